The lowest BCUT2D eigenvalue weighted by Crippen LogP contribution is -1.97. The third-order valence-electron chi connectivity index (χ3n) is 3.56. The van der Waals surface area contributed by atoms with E-state index in [1.807, 2.05) is 36.4 Å². The maximum Gasteiger partial charge on any atom is 0.339 e. The molecule has 3 rings (SSSR count). The molecular formula is C19H15NO4S. The van der Waals surface area contributed by atoms with Crippen molar-refractivity contribution < 1.29 is 20.1 Å². The average Bonchev–Trinajstić information content (AvgIpc) is 2.60. The van der Waals surface area contributed by atoms with Gasteiger partial charge in [-0.3, -0.25) is 0 Å². The van der Waals surface area contributed by atoms with E-state index in [1.165, 1.54) is 24.1 Å². The summed E-state index contributed by atoms with van der Waals surface area (Å²) in [5.41, 5.74) is 2.07. The number of rotatable bonds is 5. The summed E-state index contributed by atoms with van der Waals surface area (Å²) in [5.74, 6) is -1.25. The predicted molar refractivity (Wildman–Crippen MR) is 98.1 cm³/mol. The minimum absolute atomic E-state index is 0.142. The minimum Gasteiger partial charge on any atom is -0.507 e. The molecule has 0 unspecified atom stereocenters. The van der Waals surface area contributed by atoms with Gasteiger partial charge in [-0.25, -0.2) is 4.79 Å². The Labute approximate surface area is 148 Å². The van der Waals surface area contributed by atoms with Gasteiger partial charge >= 0.3 is 5.97 Å². The second-order valence-corrected chi connectivity index (χ2v) is 6.17. The summed E-state index contributed by atoms with van der Waals surface area (Å²) in [7, 11) is 0. The van der Waals surface area contributed by atoms with Crippen LogP contribution in [0.2, 0.25) is 0 Å². The Bertz CT molecular complexity index is 927. The van der Waals surface area contributed by atoms with Crippen LogP contribution in [0.25, 0.3) is 11.1 Å². The molecule has 0 radical (unpaired) electrons. The molecule has 0 aliphatic heterocycles. The third kappa shape index (κ3) is 3.87. The molecule has 6 heteroatoms. The fourth-order valence-electron chi connectivity index (χ4n) is 2.34. The van der Waals surface area contributed by atoms with Crippen LogP contribution in [0, 0.1) is 0 Å². The molecule has 126 valence electrons. The van der Waals surface area contributed by atoms with Gasteiger partial charge in [0.1, 0.15) is 17.1 Å². The van der Waals surface area contributed by atoms with Crippen molar-refractivity contribution >= 4 is 23.6 Å². The number of para-hydroxylation sites is 1. The molecule has 0 amide bonds. The first-order valence-electron chi connectivity index (χ1n) is 7.42. The average molecular weight is 353 g/mol. The van der Waals surface area contributed by atoms with Gasteiger partial charge in [0.2, 0.25) is 0 Å². The number of phenolic OH excluding ortho intramolecular Hbond substituents is 1. The Morgan fingerprint density at radius 3 is 2.40 bits per heavy atom. The Kier molecular flexibility index (Phi) is 4.81. The molecule has 0 aliphatic rings. The van der Waals surface area contributed by atoms with Crippen LogP contribution < -0.4 is 4.72 Å². The summed E-state index contributed by atoms with van der Waals surface area (Å²) < 4.78 is 3.06. The van der Waals surface area contributed by atoms with Crippen molar-refractivity contribution in [2.24, 2.45) is 0 Å². The molecule has 0 bridgehead atoms. The molecular weight excluding hydrogens is 338 g/mol. The molecule has 5 nitrogen and oxygen atoms in total. The molecule has 0 aliphatic carbocycles. The lowest BCUT2D eigenvalue weighted by Gasteiger charge is -2.09. The number of anilines is 1. The molecule has 0 fully saturated rings. The standard InChI is InChI=1S/C19H15NO4S/c21-17-7-2-1-6-15(17)12-4-3-5-14(10-12)25-20-13-8-9-16(19(23)24)18(22)11-13/h1-11,20-22H,(H,23,24). The summed E-state index contributed by atoms with van der Waals surface area (Å²) in [5, 5.41) is 28.6. The highest BCUT2D eigenvalue weighted by Crippen LogP contribution is 2.32. The Hall–Kier alpha value is -3.12. The van der Waals surface area contributed by atoms with E-state index in [9.17, 15) is 15.0 Å². The van der Waals surface area contributed by atoms with Gasteiger partial charge in [0.25, 0.3) is 0 Å². The quantitative estimate of drug-likeness (QED) is 0.502. The van der Waals surface area contributed by atoms with Crippen LogP contribution in [-0.2, 0) is 0 Å². The second-order valence-electron chi connectivity index (χ2n) is 5.29. The molecule has 25 heavy (non-hydrogen) atoms. The van der Waals surface area contributed by atoms with Gasteiger partial charge in [0.15, 0.2) is 0 Å². The lowest BCUT2D eigenvalue weighted by atomic mass is 10.1. The highest BCUT2D eigenvalue weighted by molar-refractivity contribution is 8.00. The fraction of sp³-hybridized carbons (Fsp3) is 0. The van der Waals surface area contributed by atoms with Crippen molar-refractivity contribution in [1.29, 1.82) is 0 Å². The number of nitrogens with one attached hydrogen (secondary N) is 1. The SMILES string of the molecule is O=C(O)c1ccc(NSc2cccc(-c3ccccc3O)c2)cc1O. The molecule has 4 N–H and O–H groups in total. The number of carboxylic acid groups (broad SMARTS) is 1. The van der Waals surface area contributed by atoms with Gasteiger partial charge in [-0.1, -0.05) is 30.3 Å². The Balaban J connectivity index is 1.76. The monoisotopic (exact) mass is 353 g/mol. The van der Waals surface area contributed by atoms with Crippen LogP contribution in [-0.4, -0.2) is 21.3 Å². The normalized spacial score (nSPS) is 10.4. The fourth-order valence-corrected chi connectivity index (χ4v) is 3.03. The van der Waals surface area contributed by atoms with Crippen LogP contribution in [0.4, 0.5) is 5.69 Å². The van der Waals surface area contributed by atoms with Crippen LogP contribution >= 0.6 is 11.9 Å². The number of aromatic hydroxyl groups is 2. The molecule has 0 spiro atoms. The maximum atomic E-state index is 10.9. The Morgan fingerprint density at radius 2 is 1.68 bits per heavy atom. The summed E-state index contributed by atoms with van der Waals surface area (Å²) >= 11 is 1.32. The first-order valence-corrected chi connectivity index (χ1v) is 8.24. The zero-order chi connectivity index (χ0) is 17.8. The predicted octanol–water partition coefficient (Wildman–Crippen LogP) is 4.58. The third-order valence-corrected chi connectivity index (χ3v) is 4.39. The number of carboxylic acids is 1. The van der Waals surface area contributed by atoms with Gasteiger partial charge in [-0.2, -0.15) is 0 Å². The van der Waals surface area contributed by atoms with E-state index in [0.29, 0.717) is 5.69 Å². The summed E-state index contributed by atoms with van der Waals surface area (Å²) in [6.07, 6.45) is 0. The molecule has 0 atom stereocenters. The highest BCUT2D eigenvalue weighted by Gasteiger charge is 2.10. The zero-order valence-corrected chi connectivity index (χ0v) is 13.8. The number of hydrogen-bond donors (Lipinski definition) is 4. The van der Waals surface area contributed by atoms with Crippen molar-refractivity contribution in [3.63, 3.8) is 0 Å². The maximum absolute atomic E-state index is 10.9. The largest absolute Gasteiger partial charge is 0.507 e. The van der Waals surface area contributed by atoms with E-state index < -0.39 is 5.97 Å². The van der Waals surface area contributed by atoms with Crippen LogP contribution in [0.1, 0.15) is 10.4 Å². The van der Waals surface area contributed by atoms with Crippen molar-refractivity contribution in [2.45, 2.75) is 4.90 Å². The van der Waals surface area contributed by atoms with E-state index in [2.05, 4.69) is 4.72 Å². The van der Waals surface area contributed by atoms with Crippen LogP contribution in [0.3, 0.4) is 0 Å². The van der Waals surface area contributed by atoms with E-state index in [4.69, 9.17) is 5.11 Å². The summed E-state index contributed by atoms with van der Waals surface area (Å²) in [4.78, 5) is 11.8. The van der Waals surface area contributed by atoms with Gasteiger partial charge in [0, 0.05) is 22.2 Å². The van der Waals surface area contributed by atoms with E-state index in [1.54, 1.807) is 18.2 Å². The lowest BCUT2D eigenvalue weighted by molar-refractivity contribution is 0.0694. The van der Waals surface area contributed by atoms with E-state index >= 15 is 0 Å². The topological polar surface area (TPSA) is 89.8 Å². The van der Waals surface area contributed by atoms with Crippen molar-refractivity contribution in [1.82, 2.24) is 0 Å². The van der Waals surface area contributed by atoms with Gasteiger partial charge in [-0.05, 0) is 47.8 Å². The van der Waals surface area contributed by atoms with E-state index in [0.717, 1.165) is 16.0 Å². The van der Waals surface area contributed by atoms with Crippen LogP contribution in [0.5, 0.6) is 11.5 Å². The van der Waals surface area contributed by atoms with Gasteiger partial charge in [-0.15, -0.1) is 0 Å². The van der Waals surface area contributed by atoms with Gasteiger partial charge < -0.3 is 20.0 Å². The zero-order valence-electron chi connectivity index (χ0n) is 13.0. The number of benzene rings is 3. The molecule has 0 saturated heterocycles. The number of hydrogen-bond acceptors (Lipinski definition) is 5. The van der Waals surface area contributed by atoms with E-state index in [-0.39, 0.29) is 17.1 Å². The second kappa shape index (κ2) is 7.19. The number of aromatic carboxylic acids is 1. The molecule has 0 heterocycles. The van der Waals surface area contributed by atoms with Gasteiger partial charge in [0.05, 0.1) is 0 Å². The molecule has 0 saturated carbocycles. The summed E-state index contributed by atoms with van der Waals surface area (Å²) in [6.45, 7) is 0. The highest BCUT2D eigenvalue weighted by atomic mass is 32.2. The summed E-state index contributed by atoms with van der Waals surface area (Å²) in [6, 6.07) is 19.0. The minimum atomic E-state index is -1.17. The molecule has 0 aromatic heterocycles. The van der Waals surface area contributed by atoms with Crippen molar-refractivity contribution in [3.05, 3.63) is 72.3 Å². The number of phenols is 2. The van der Waals surface area contributed by atoms with Crippen molar-refractivity contribution in [3.8, 4) is 22.6 Å². The van der Waals surface area contributed by atoms with Crippen molar-refractivity contribution in [2.75, 3.05) is 4.72 Å². The molecule has 3 aromatic rings. The first-order chi connectivity index (χ1) is 12.0. The molecule has 3 aromatic carbocycles. The first kappa shape index (κ1) is 16.7. The smallest absolute Gasteiger partial charge is 0.339 e. The number of carbonyl (C=O) groups is 1. The van der Waals surface area contributed by atoms with Crippen LogP contribution in [0.15, 0.2) is 71.6 Å². The Morgan fingerprint density at radius 1 is 0.880 bits per heavy atom.